The van der Waals surface area contributed by atoms with Gasteiger partial charge in [-0.25, -0.2) is 0 Å². The maximum atomic E-state index is 13.1. The minimum absolute atomic E-state index is 0. The van der Waals surface area contributed by atoms with Crippen LogP contribution in [-0.2, 0) is 10.4 Å². The Morgan fingerprint density at radius 1 is 1.08 bits per heavy atom. The summed E-state index contributed by atoms with van der Waals surface area (Å²) in [4.78, 5) is 31.1. The topological polar surface area (TPSA) is 96.4 Å². The van der Waals surface area contributed by atoms with E-state index in [0.29, 0.717) is 45.3 Å². The van der Waals surface area contributed by atoms with E-state index in [-0.39, 0.29) is 44.5 Å². The van der Waals surface area contributed by atoms with Crippen molar-refractivity contribution >= 4 is 65.8 Å². The second kappa shape index (κ2) is 13.3. The molecule has 8 nitrogen and oxygen atoms in total. The van der Waals surface area contributed by atoms with Gasteiger partial charge < -0.3 is 25.3 Å². The Balaban J connectivity index is 0.00000420. The molecule has 0 aromatic heterocycles. The summed E-state index contributed by atoms with van der Waals surface area (Å²) in [6.45, 7) is 4.50. The fraction of sp³-hybridized carbons (Fsp3) is 0.481. The van der Waals surface area contributed by atoms with Gasteiger partial charge in [-0.2, -0.15) is 13.5 Å². The lowest BCUT2D eigenvalue weighted by Gasteiger charge is -2.48. The number of carbonyl (C=O) groups excluding carboxylic acids is 2. The summed E-state index contributed by atoms with van der Waals surface area (Å²) in [6.07, 6.45) is 1.66. The Morgan fingerprint density at radius 2 is 1.69 bits per heavy atom. The summed E-state index contributed by atoms with van der Waals surface area (Å²) >= 11 is 18.5. The molecular weight excluding hydrogens is 583 g/mol. The number of aliphatic hydroxyl groups excluding tert-OH is 1. The van der Waals surface area contributed by atoms with E-state index in [9.17, 15) is 14.7 Å². The van der Waals surface area contributed by atoms with Crippen LogP contribution in [-0.4, -0.2) is 95.2 Å². The number of anilines is 1. The van der Waals surface area contributed by atoms with Crippen LogP contribution in [0.4, 0.5) is 5.69 Å². The van der Waals surface area contributed by atoms with Crippen molar-refractivity contribution in [1.29, 1.82) is 0 Å². The van der Waals surface area contributed by atoms with Crippen molar-refractivity contribution in [2.45, 2.75) is 37.5 Å². The summed E-state index contributed by atoms with van der Waals surface area (Å²) in [6, 6.07) is 10.6. The second-order valence-electron chi connectivity index (χ2n) is 10.2. The number of rotatable bonds is 8. The van der Waals surface area contributed by atoms with Crippen molar-refractivity contribution < 1.29 is 19.8 Å². The number of nitrogens with one attached hydrogen (secondary N) is 1. The summed E-state index contributed by atoms with van der Waals surface area (Å²) in [5.41, 5.74) is -0.0663. The molecule has 0 saturated carbocycles. The Hall–Kier alpha value is -1.72. The van der Waals surface area contributed by atoms with Crippen LogP contribution in [0.3, 0.4) is 0 Å². The summed E-state index contributed by atoms with van der Waals surface area (Å²) in [5.74, 6) is -0.577. The van der Waals surface area contributed by atoms with Crippen molar-refractivity contribution in [2.75, 3.05) is 51.7 Å². The van der Waals surface area contributed by atoms with E-state index in [1.165, 1.54) is 11.8 Å². The number of piperidine rings is 1. The lowest BCUT2D eigenvalue weighted by atomic mass is 9.92. The zero-order chi connectivity index (χ0) is 27.6. The van der Waals surface area contributed by atoms with Gasteiger partial charge in [-0.1, -0.05) is 34.8 Å². The molecule has 0 aliphatic carbocycles. The number of amides is 2. The highest BCUT2D eigenvalue weighted by molar-refractivity contribution is 7.59. The maximum absolute atomic E-state index is 13.1. The number of nitrogens with zero attached hydrogens (tertiary/aromatic N) is 3. The van der Waals surface area contributed by atoms with Crippen molar-refractivity contribution in [3.05, 3.63) is 62.6 Å². The molecule has 2 amide bonds. The number of carbonyl (C=O) groups is 2. The monoisotopic (exact) mass is 616 g/mol. The fourth-order valence-electron chi connectivity index (χ4n) is 5.07. The molecule has 0 spiro atoms. The third-order valence-corrected chi connectivity index (χ3v) is 8.12. The molecule has 214 valence electrons. The molecule has 2 aliphatic rings. The van der Waals surface area contributed by atoms with Gasteiger partial charge in [0.05, 0.1) is 23.2 Å². The van der Waals surface area contributed by atoms with Crippen LogP contribution in [0.15, 0.2) is 36.4 Å². The van der Waals surface area contributed by atoms with Crippen LogP contribution in [0.25, 0.3) is 0 Å². The molecule has 2 aromatic rings. The van der Waals surface area contributed by atoms with Gasteiger partial charge >= 0.3 is 0 Å². The zero-order valence-electron chi connectivity index (χ0n) is 22.0. The van der Waals surface area contributed by atoms with Crippen molar-refractivity contribution in [3.8, 4) is 0 Å². The Kier molecular flexibility index (Phi) is 10.8. The van der Waals surface area contributed by atoms with Crippen LogP contribution in [0.1, 0.15) is 35.7 Å². The highest BCUT2D eigenvalue weighted by Crippen LogP contribution is 2.31. The van der Waals surface area contributed by atoms with Crippen molar-refractivity contribution in [3.63, 3.8) is 0 Å². The molecule has 2 aliphatic heterocycles. The predicted molar refractivity (Wildman–Crippen MR) is 160 cm³/mol. The SMILES string of the molecule is CN(CCO)C(=O)c1ccc(NC2CN(C3CCN(C(=O)[C@@](C)(O)c4cc(Cl)cc(Cl)c4)CC3)C2)cc1Cl.S. The van der Waals surface area contributed by atoms with Crippen molar-refractivity contribution in [1.82, 2.24) is 14.7 Å². The number of halogens is 3. The molecule has 2 aromatic carbocycles. The first-order valence-corrected chi connectivity index (χ1v) is 13.8. The molecule has 4 rings (SSSR count). The number of hydrogen-bond donors (Lipinski definition) is 3. The van der Waals surface area contributed by atoms with Gasteiger partial charge in [0.1, 0.15) is 0 Å². The lowest BCUT2D eigenvalue weighted by Crippen LogP contribution is -2.61. The van der Waals surface area contributed by atoms with Crippen LogP contribution >= 0.6 is 48.3 Å². The number of likely N-dealkylation sites (tertiary alicyclic amines) is 2. The average molecular weight is 618 g/mol. The Labute approximate surface area is 251 Å². The summed E-state index contributed by atoms with van der Waals surface area (Å²) in [5, 5.41) is 24.6. The standard InChI is InChI=1S/C27H33Cl3N4O4.H2S/c1-27(38,17-11-18(28)13-19(29)12-17)26(37)33-7-5-22(6-8-33)34-15-21(16-34)31-20-3-4-23(24(30)14-20)25(36)32(2)9-10-35;/h3-4,11-14,21-22,31,35,38H,5-10,15-16H2,1-2H3;1H2/t27-;/m0./s1. The maximum Gasteiger partial charge on any atom is 0.258 e. The average Bonchev–Trinajstić information content (AvgIpc) is 2.85. The van der Waals surface area contributed by atoms with E-state index in [0.717, 1.165) is 31.6 Å². The van der Waals surface area contributed by atoms with Crippen molar-refractivity contribution in [2.24, 2.45) is 0 Å². The van der Waals surface area contributed by atoms with Gasteiger partial charge in [0.25, 0.3) is 11.8 Å². The molecule has 2 fully saturated rings. The molecule has 1 atom stereocenters. The highest BCUT2D eigenvalue weighted by Gasteiger charge is 2.40. The summed E-state index contributed by atoms with van der Waals surface area (Å²) in [7, 11) is 1.63. The number of benzene rings is 2. The molecule has 0 bridgehead atoms. The Bertz CT molecular complexity index is 1170. The first kappa shape index (κ1) is 31.8. The molecular formula is C27H35Cl3N4O4S. The first-order chi connectivity index (χ1) is 18.0. The quantitative estimate of drug-likeness (QED) is 0.417. The highest BCUT2D eigenvalue weighted by atomic mass is 35.5. The molecule has 3 N–H and O–H groups in total. The number of aliphatic hydroxyl groups is 2. The lowest BCUT2D eigenvalue weighted by molar-refractivity contribution is -0.152. The van der Waals surface area contributed by atoms with Gasteiger partial charge in [-0.15, -0.1) is 0 Å². The predicted octanol–water partition coefficient (Wildman–Crippen LogP) is 3.82. The largest absolute Gasteiger partial charge is 0.395 e. The van der Waals surface area contributed by atoms with Crippen LogP contribution in [0, 0.1) is 0 Å². The third-order valence-electron chi connectivity index (χ3n) is 7.37. The molecule has 12 heteroatoms. The van der Waals surface area contributed by atoms with Gasteiger partial charge in [0, 0.05) is 61.5 Å². The minimum Gasteiger partial charge on any atom is -0.395 e. The first-order valence-electron chi connectivity index (χ1n) is 12.6. The van der Waals surface area contributed by atoms with Gasteiger partial charge in [0.2, 0.25) is 0 Å². The van der Waals surface area contributed by atoms with Gasteiger partial charge in [0.15, 0.2) is 5.60 Å². The summed E-state index contributed by atoms with van der Waals surface area (Å²) < 4.78 is 0. The van der Waals surface area contributed by atoms with E-state index in [1.807, 2.05) is 6.07 Å². The number of likely N-dealkylation sites (N-methyl/N-ethyl adjacent to an activating group) is 1. The van der Waals surface area contributed by atoms with E-state index in [2.05, 4.69) is 10.2 Å². The number of hydrogen-bond acceptors (Lipinski definition) is 6. The van der Waals surface area contributed by atoms with E-state index >= 15 is 0 Å². The second-order valence-corrected chi connectivity index (χ2v) is 11.5. The Morgan fingerprint density at radius 3 is 2.26 bits per heavy atom. The van der Waals surface area contributed by atoms with E-state index < -0.39 is 5.60 Å². The van der Waals surface area contributed by atoms with Crippen LogP contribution in [0.2, 0.25) is 15.1 Å². The normalized spacial score (nSPS) is 18.1. The minimum atomic E-state index is -1.71. The smallest absolute Gasteiger partial charge is 0.258 e. The zero-order valence-corrected chi connectivity index (χ0v) is 25.2. The van der Waals surface area contributed by atoms with Crippen LogP contribution in [0.5, 0.6) is 0 Å². The van der Waals surface area contributed by atoms with Gasteiger partial charge in [-0.3, -0.25) is 14.5 Å². The molecule has 39 heavy (non-hydrogen) atoms. The third kappa shape index (κ3) is 7.33. The molecule has 2 heterocycles. The molecule has 2 saturated heterocycles. The fourth-order valence-corrected chi connectivity index (χ4v) is 5.86. The van der Waals surface area contributed by atoms with Gasteiger partial charge in [-0.05, 0) is 61.7 Å². The molecule has 0 unspecified atom stereocenters. The van der Waals surface area contributed by atoms with Crippen LogP contribution < -0.4 is 5.32 Å². The molecule has 0 radical (unpaired) electrons. The van der Waals surface area contributed by atoms with E-state index in [1.54, 1.807) is 42.3 Å². The van der Waals surface area contributed by atoms with E-state index in [4.69, 9.17) is 39.9 Å².